The summed E-state index contributed by atoms with van der Waals surface area (Å²) in [6.07, 6.45) is 1.04. The van der Waals surface area contributed by atoms with Crippen LogP contribution >= 0.6 is 0 Å². The monoisotopic (exact) mass is 295 g/mol. The summed E-state index contributed by atoms with van der Waals surface area (Å²) in [5.41, 5.74) is 8.43. The third kappa shape index (κ3) is 1.57. The van der Waals surface area contributed by atoms with Crippen LogP contribution in [0.15, 0.2) is 60.7 Å². The van der Waals surface area contributed by atoms with Gasteiger partial charge in [-0.05, 0) is 67.2 Å². The Kier molecular flexibility index (Phi) is 2.41. The summed E-state index contributed by atoms with van der Waals surface area (Å²) in [5.74, 6) is 0. The molecule has 0 aliphatic carbocycles. The van der Waals surface area contributed by atoms with Crippen LogP contribution < -0.4 is 5.73 Å². The predicted molar refractivity (Wildman–Crippen MR) is 101 cm³/mol. The van der Waals surface area contributed by atoms with E-state index >= 15 is 0 Å². The van der Waals surface area contributed by atoms with Gasteiger partial charge in [-0.25, -0.2) is 0 Å². The van der Waals surface area contributed by atoms with Gasteiger partial charge in [0.25, 0.3) is 0 Å². The first kappa shape index (κ1) is 12.7. The minimum absolute atomic E-state index is 0.830. The minimum Gasteiger partial charge on any atom is -0.399 e. The highest BCUT2D eigenvalue weighted by atomic mass is 14.5. The van der Waals surface area contributed by atoms with Gasteiger partial charge in [-0.3, -0.25) is 0 Å². The molecule has 0 aliphatic heterocycles. The van der Waals surface area contributed by atoms with E-state index in [0.717, 1.165) is 12.1 Å². The lowest BCUT2D eigenvalue weighted by Gasteiger charge is -2.17. The highest BCUT2D eigenvalue weighted by Crippen LogP contribution is 2.42. The van der Waals surface area contributed by atoms with E-state index in [9.17, 15) is 0 Å². The number of rotatable bonds is 1. The summed E-state index contributed by atoms with van der Waals surface area (Å²) in [6, 6.07) is 21.9. The van der Waals surface area contributed by atoms with Gasteiger partial charge in [0.05, 0.1) is 0 Å². The lowest BCUT2D eigenvalue weighted by Crippen LogP contribution is -1.92. The predicted octanol–water partition coefficient (Wildman–Crippen LogP) is 5.88. The Morgan fingerprint density at radius 3 is 2.30 bits per heavy atom. The van der Waals surface area contributed by atoms with E-state index in [1.807, 2.05) is 0 Å². The Labute approximate surface area is 134 Å². The van der Waals surface area contributed by atoms with Crippen LogP contribution in [0.1, 0.15) is 12.5 Å². The maximum Gasteiger partial charge on any atom is 0.0326 e. The lowest BCUT2D eigenvalue weighted by molar-refractivity contribution is 1.16. The number of nitrogens with two attached hydrogens (primary N) is 1. The molecule has 0 radical (unpaired) electrons. The van der Waals surface area contributed by atoms with Crippen molar-refractivity contribution in [2.45, 2.75) is 13.3 Å². The second-order valence-electron chi connectivity index (χ2n) is 6.33. The molecule has 0 saturated heterocycles. The van der Waals surface area contributed by atoms with E-state index in [2.05, 4.69) is 67.6 Å². The average molecular weight is 295 g/mol. The number of anilines is 1. The molecule has 1 heteroatoms. The number of hydrogen-bond acceptors (Lipinski definition) is 1. The zero-order valence-electron chi connectivity index (χ0n) is 13.1. The van der Waals surface area contributed by atoms with E-state index in [1.165, 1.54) is 48.7 Å². The molecular formula is C22H17N. The van der Waals surface area contributed by atoms with Crippen molar-refractivity contribution in [3.8, 4) is 0 Å². The second kappa shape index (κ2) is 4.36. The van der Waals surface area contributed by atoms with Gasteiger partial charge in [0.2, 0.25) is 0 Å². The molecule has 5 rings (SSSR count). The number of benzene rings is 5. The molecule has 110 valence electrons. The summed E-state index contributed by atoms with van der Waals surface area (Å²) >= 11 is 0. The lowest BCUT2D eigenvalue weighted by atomic mass is 9.87. The van der Waals surface area contributed by atoms with E-state index in [0.29, 0.717) is 0 Å². The summed E-state index contributed by atoms with van der Waals surface area (Å²) in [4.78, 5) is 0. The average Bonchev–Trinajstić information content (AvgIpc) is 2.58. The van der Waals surface area contributed by atoms with Crippen molar-refractivity contribution in [3.63, 3.8) is 0 Å². The summed E-state index contributed by atoms with van der Waals surface area (Å²) in [6.45, 7) is 2.24. The topological polar surface area (TPSA) is 26.0 Å². The van der Waals surface area contributed by atoms with Crippen molar-refractivity contribution in [1.29, 1.82) is 0 Å². The Morgan fingerprint density at radius 1 is 0.696 bits per heavy atom. The van der Waals surface area contributed by atoms with Gasteiger partial charge in [-0.1, -0.05) is 55.5 Å². The fraction of sp³-hybridized carbons (Fsp3) is 0.0909. The van der Waals surface area contributed by atoms with Crippen molar-refractivity contribution < 1.29 is 0 Å². The van der Waals surface area contributed by atoms with Crippen molar-refractivity contribution in [1.82, 2.24) is 0 Å². The smallest absolute Gasteiger partial charge is 0.0326 e. The van der Waals surface area contributed by atoms with E-state index in [1.54, 1.807) is 0 Å². The molecule has 1 nitrogen and oxygen atoms in total. The molecule has 0 atom stereocenters. The van der Waals surface area contributed by atoms with Crippen LogP contribution in [0, 0.1) is 0 Å². The van der Waals surface area contributed by atoms with Gasteiger partial charge in [-0.2, -0.15) is 0 Å². The molecule has 0 fully saturated rings. The molecule has 2 N–H and O–H groups in total. The molecule has 0 spiro atoms. The van der Waals surface area contributed by atoms with Crippen LogP contribution in [0.4, 0.5) is 5.69 Å². The minimum atomic E-state index is 0.830. The highest BCUT2D eigenvalue weighted by Gasteiger charge is 2.15. The molecular weight excluding hydrogens is 278 g/mol. The van der Waals surface area contributed by atoms with Crippen LogP contribution in [0.25, 0.3) is 43.1 Å². The van der Waals surface area contributed by atoms with Crippen molar-refractivity contribution in [2.75, 3.05) is 5.73 Å². The number of aryl methyl sites for hydroxylation is 1. The largest absolute Gasteiger partial charge is 0.399 e. The summed E-state index contributed by atoms with van der Waals surface area (Å²) in [7, 11) is 0. The zero-order valence-corrected chi connectivity index (χ0v) is 13.1. The summed E-state index contributed by atoms with van der Waals surface area (Å²) in [5, 5.41) is 10.6. The van der Waals surface area contributed by atoms with Crippen molar-refractivity contribution >= 4 is 48.8 Å². The molecule has 0 aromatic heterocycles. The molecule has 5 aromatic rings. The van der Waals surface area contributed by atoms with Crippen LogP contribution in [-0.4, -0.2) is 0 Å². The van der Waals surface area contributed by atoms with Gasteiger partial charge in [0, 0.05) is 5.69 Å². The van der Waals surface area contributed by atoms with Crippen LogP contribution in [0.3, 0.4) is 0 Å². The summed E-state index contributed by atoms with van der Waals surface area (Å²) < 4.78 is 0. The fourth-order valence-corrected chi connectivity index (χ4v) is 4.12. The van der Waals surface area contributed by atoms with Gasteiger partial charge >= 0.3 is 0 Å². The van der Waals surface area contributed by atoms with Gasteiger partial charge in [0.15, 0.2) is 0 Å². The molecule has 0 aliphatic rings. The molecule has 0 saturated carbocycles. The van der Waals surface area contributed by atoms with Crippen molar-refractivity contribution in [2.24, 2.45) is 0 Å². The quantitative estimate of drug-likeness (QED) is 0.233. The zero-order chi connectivity index (χ0) is 15.6. The SMILES string of the molecule is CCc1ccc2cccc3c4cc(N)cc5cccc(c1c23)c54. The second-order valence-corrected chi connectivity index (χ2v) is 6.33. The Morgan fingerprint density at radius 2 is 1.48 bits per heavy atom. The van der Waals surface area contributed by atoms with Crippen molar-refractivity contribution in [3.05, 3.63) is 66.2 Å². The van der Waals surface area contributed by atoms with Gasteiger partial charge in [0.1, 0.15) is 0 Å². The Hall–Kier alpha value is -2.80. The first-order chi connectivity index (χ1) is 11.3. The molecule has 0 bridgehead atoms. The maximum absolute atomic E-state index is 6.18. The van der Waals surface area contributed by atoms with E-state index in [4.69, 9.17) is 5.73 Å². The number of nitrogen functional groups attached to an aromatic ring is 1. The third-order valence-corrected chi connectivity index (χ3v) is 5.07. The standard InChI is InChI=1S/C22H17N/c1-2-13-9-10-14-5-3-7-17-19-12-16(23)11-15-6-4-8-18(20(15)19)21(13)22(14)17/h3-12H,2,23H2,1H3. The molecule has 23 heavy (non-hydrogen) atoms. The molecule has 5 aromatic carbocycles. The van der Waals surface area contributed by atoms with Crippen LogP contribution in [0.5, 0.6) is 0 Å². The molecule has 0 unspecified atom stereocenters. The van der Waals surface area contributed by atoms with Crippen LogP contribution in [0.2, 0.25) is 0 Å². The van der Waals surface area contributed by atoms with Crippen LogP contribution in [-0.2, 0) is 6.42 Å². The van der Waals surface area contributed by atoms with E-state index in [-0.39, 0.29) is 0 Å². The van der Waals surface area contributed by atoms with Gasteiger partial charge < -0.3 is 5.73 Å². The number of fused-ring (bicyclic) bond motifs is 2. The van der Waals surface area contributed by atoms with Gasteiger partial charge in [-0.15, -0.1) is 0 Å². The highest BCUT2D eigenvalue weighted by molar-refractivity contribution is 6.33. The Balaban J connectivity index is 2.26. The molecule has 0 heterocycles. The normalized spacial score (nSPS) is 12.0. The molecule has 0 amide bonds. The first-order valence-electron chi connectivity index (χ1n) is 8.15. The first-order valence-corrected chi connectivity index (χ1v) is 8.15. The third-order valence-electron chi connectivity index (χ3n) is 5.07. The maximum atomic E-state index is 6.18. The van der Waals surface area contributed by atoms with E-state index < -0.39 is 0 Å². The number of hydrogen-bond donors (Lipinski definition) is 1. The fourth-order valence-electron chi connectivity index (χ4n) is 4.12. The Bertz CT molecular complexity index is 1200.